The Morgan fingerprint density at radius 2 is 1.19 bits per heavy atom. The van der Waals surface area contributed by atoms with E-state index >= 15 is 0 Å². The van der Waals surface area contributed by atoms with Crippen LogP contribution in [0.5, 0.6) is 0 Å². The Balaban J connectivity index is 1.54. The molecule has 31 heavy (non-hydrogen) atoms. The van der Waals surface area contributed by atoms with Crippen LogP contribution in [-0.4, -0.2) is 11.2 Å². The fourth-order valence-electron chi connectivity index (χ4n) is 11.4. The van der Waals surface area contributed by atoms with E-state index in [1.165, 1.54) is 64.2 Å². The van der Waals surface area contributed by atoms with Crippen LogP contribution >= 0.6 is 0 Å². The molecule has 0 heterocycles. The summed E-state index contributed by atoms with van der Waals surface area (Å²) < 4.78 is 0. The van der Waals surface area contributed by atoms with Gasteiger partial charge in [-0.05, 0) is 127 Å². The average molecular weight is 429 g/mol. The summed E-state index contributed by atoms with van der Waals surface area (Å²) in [5, 5.41) is 10.7. The molecule has 0 saturated heterocycles. The Labute approximate surface area is 193 Å². The van der Waals surface area contributed by atoms with Crippen LogP contribution in [0.25, 0.3) is 0 Å². The highest BCUT2D eigenvalue weighted by Crippen LogP contribution is 2.78. The molecule has 0 radical (unpaired) electrons. The van der Waals surface area contributed by atoms with Crippen molar-refractivity contribution in [3.63, 3.8) is 0 Å². The third kappa shape index (κ3) is 2.77. The van der Waals surface area contributed by atoms with Crippen molar-refractivity contribution >= 4 is 0 Å². The Bertz CT molecular complexity index is 741. The molecule has 0 aromatic rings. The monoisotopic (exact) mass is 428 g/mol. The maximum atomic E-state index is 10.7. The molecule has 1 heteroatoms. The molecule has 5 rings (SSSR count). The SMILES string of the molecule is C[C@@H]1[C@@H](O)CC[C@@H]2[C@]1(C)CC[C@@H]1[C@]2(C)CC[C@@]2(C)[C@H]3CC(C)(C)CC[C@]3(C)CC[C@]12C. The molecule has 0 unspecified atom stereocenters. The standard InChI is InChI=1S/C30H52O/c1-20-21(31)9-10-22-27(20,5)12-11-23-28(22,6)16-18-30(8)24-19-25(2,3)13-14-26(24,4)15-17-29(23,30)7/h20-24,31H,9-19H2,1-8H3/t20-,21+,22-,23-,24+,26-,27-,28-,29-,30+/m1/s1. The Hall–Kier alpha value is -0.0400. The van der Waals surface area contributed by atoms with Crippen molar-refractivity contribution in [1.29, 1.82) is 0 Å². The highest BCUT2D eigenvalue weighted by molar-refractivity contribution is 5.19. The Morgan fingerprint density at radius 3 is 1.90 bits per heavy atom. The van der Waals surface area contributed by atoms with E-state index in [9.17, 15) is 5.11 Å². The lowest BCUT2D eigenvalue weighted by molar-refractivity contribution is -0.263. The molecule has 0 aromatic heterocycles. The van der Waals surface area contributed by atoms with Crippen LogP contribution in [0.4, 0.5) is 0 Å². The van der Waals surface area contributed by atoms with E-state index in [-0.39, 0.29) is 6.10 Å². The normalized spacial score (nSPS) is 60.9. The molecule has 1 nitrogen and oxygen atoms in total. The van der Waals surface area contributed by atoms with Gasteiger partial charge in [-0.25, -0.2) is 0 Å². The highest BCUT2D eigenvalue weighted by Gasteiger charge is 2.70. The zero-order chi connectivity index (χ0) is 22.7. The minimum atomic E-state index is -0.0781. The van der Waals surface area contributed by atoms with Crippen molar-refractivity contribution in [3.8, 4) is 0 Å². The predicted octanol–water partition coefficient (Wildman–Crippen LogP) is 8.25. The summed E-state index contributed by atoms with van der Waals surface area (Å²) in [4.78, 5) is 0. The van der Waals surface area contributed by atoms with Gasteiger partial charge in [0.25, 0.3) is 0 Å². The van der Waals surface area contributed by atoms with Crippen molar-refractivity contribution in [1.82, 2.24) is 0 Å². The summed E-state index contributed by atoms with van der Waals surface area (Å²) in [7, 11) is 0. The largest absolute Gasteiger partial charge is 0.393 e. The number of hydrogen-bond acceptors (Lipinski definition) is 1. The highest BCUT2D eigenvalue weighted by atomic mass is 16.3. The summed E-state index contributed by atoms with van der Waals surface area (Å²) in [6.45, 7) is 20.9. The topological polar surface area (TPSA) is 20.2 Å². The lowest BCUT2D eigenvalue weighted by Crippen LogP contribution is -2.67. The van der Waals surface area contributed by atoms with Crippen molar-refractivity contribution in [2.24, 2.45) is 56.2 Å². The van der Waals surface area contributed by atoms with Crippen molar-refractivity contribution in [2.45, 2.75) is 132 Å². The van der Waals surface area contributed by atoms with E-state index in [1.54, 1.807) is 0 Å². The second kappa shape index (κ2) is 6.55. The minimum absolute atomic E-state index is 0.0781. The molecule has 0 amide bonds. The van der Waals surface area contributed by atoms with Gasteiger partial charge in [0.05, 0.1) is 6.10 Å². The molecule has 5 saturated carbocycles. The second-order valence-electron chi connectivity index (χ2n) is 15.5. The van der Waals surface area contributed by atoms with Gasteiger partial charge in [-0.15, -0.1) is 0 Å². The average Bonchev–Trinajstić information content (AvgIpc) is 2.69. The molecule has 178 valence electrons. The number of fused-ring (bicyclic) bond motifs is 7. The maximum absolute atomic E-state index is 10.7. The molecule has 0 aromatic carbocycles. The van der Waals surface area contributed by atoms with Gasteiger partial charge in [-0.3, -0.25) is 0 Å². The molecule has 5 aliphatic rings. The van der Waals surface area contributed by atoms with Crippen LogP contribution in [-0.2, 0) is 0 Å². The summed E-state index contributed by atoms with van der Waals surface area (Å²) in [6, 6.07) is 0. The summed E-state index contributed by atoms with van der Waals surface area (Å²) in [6.07, 6.45) is 15.1. The number of aliphatic hydroxyl groups excluding tert-OH is 1. The van der Waals surface area contributed by atoms with E-state index in [0.29, 0.717) is 38.4 Å². The molecule has 10 atom stereocenters. The summed E-state index contributed by atoms with van der Waals surface area (Å²) in [5.74, 6) is 3.02. The fraction of sp³-hybridized carbons (Fsp3) is 1.00. The first-order valence-corrected chi connectivity index (χ1v) is 13.9. The lowest BCUT2D eigenvalue weighted by Gasteiger charge is -2.75. The number of aliphatic hydroxyl groups is 1. The number of rotatable bonds is 0. The zero-order valence-electron chi connectivity index (χ0n) is 22.1. The third-order valence-electron chi connectivity index (χ3n) is 13.9. The van der Waals surface area contributed by atoms with Gasteiger partial charge in [0.1, 0.15) is 0 Å². The molecule has 0 spiro atoms. The van der Waals surface area contributed by atoms with Crippen molar-refractivity contribution in [3.05, 3.63) is 0 Å². The Kier molecular flexibility index (Phi) is 4.80. The number of hydrogen-bond donors (Lipinski definition) is 1. The van der Waals surface area contributed by atoms with E-state index in [2.05, 4.69) is 55.4 Å². The van der Waals surface area contributed by atoms with E-state index < -0.39 is 0 Å². The molecular formula is C30H52O. The van der Waals surface area contributed by atoms with Crippen LogP contribution in [0, 0.1) is 56.2 Å². The Morgan fingerprint density at radius 1 is 0.581 bits per heavy atom. The van der Waals surface area contributed by atoms with Gasteiger partial charge < -0.3 is 5.11 Å². The summed E-state index contributed by atoms with van der Waals surface area (Å²) >= 11 is 0. The lowest BCUT2D eigenvalue weighted by atomic mass is 9.30. The quantitative estimate of drug-likeness (QED) is 0.412. The molecule has 0 aliphatic heterocycles. The molecule has 5 fully saturated rings. The molecule has 1 N–H and O–H groups in total. The van der Waals surface area contributed by atoms with Gasteiger partial charge in [0, 0.05) is 0 Å². The molecular weight excluding hydrogens is 376 g/mol. The van der Waals surface area contributed by atoms with Crippen molar-refractivity contribution in [2.75, 3.05) is 0 Å². The van der Waals surface area contributed by atoms with Crippen LogP contribution in [0.3, 0.4) is 0 Å². The molecule has 0 bridgehead atoms. The second-order valence-corrected chi connectivity index (χ2v) is 15.5. The molecule has 5 aliphatic carbocycles. The summed E-state index contributed by atoms with van der Waals surface area (Å²) in [5.41, 5.74) is 2.88. The van der Waals surface area contributed by atoms with Gasteiger partial charge in [-0.1, -0.05) is 55.4 Å². The van der Waals surface area contributed by atoms with Gasteiger partial charge in [-0.2, -0.15) is 0 Å². The fourth-order valence-corrected chi connectivity index (χ4v) is 11.4. The maximum Gasteiger partial charge on any atom is 0.0571 e. The van der Waals surface area contributed by atoms with Crippen LogP contribution in [0.2, 0.25) is 0 Å². The predicted molar refractivity (Wildman–Crippen MR) is 131 cm³/mol. The first-order chi connectivity index (χ1) is 14.2. The zero-order valence-corrected chi connectivity index (χ0v) is 22.1. The van der Waals surface area contributed by atoms with Crippen LogP contribution in [0.15, 0.2) is 0 Å². The van der Waals surface area contributed by atoms with Crippen molar-refractivity contribution < 1.29 is 5.11 Å². The van der Waals surface area contributed by atoms with Crippen LogP contribution in [0.1, 0.15) is 126 Å². The third-order valence-corrected chi connectivity index (χ3v) is 13.9. The van der Waals surface area contributed by atoms with E-state index in [4.69, 9.17) is 0 Å². The smallest absolute Gasteiger partial charge is 0.0571 e. The van der Waals surface area contributed by atoms with Gasteiger partial charge in [0.15, 0.2) is 0 Å². The van der Waals surface area contributed by atoms with Gasteiger partial charge >= 0.3 is 0 Å². The first kappa shape index (κ1) is 22.7. The minimum Gasteiger partial charge on any atom is -0.393 e. The first-order valence-electron chi connectivity index (χ1n) is 13.9. The van der Waals surface area contributed by atoms with Crippen LogP contribution < -0.4 is 0 Å². The van der Waals surface area contributed by atoms with E-state index in [0.717, 1.165) is 24.2 Å². The van der Waals surface area contributed by atoms with Gasteiger partial charge in [0.2, 0.25) is 0 Å². The van der Waals surface area contributed by atoms with E-state index in [1.807, 2.05) is 0 Å².